The van der Waals surface area contributed by atoms with Crippen LogP contribution in [0.2, 0.25) is 0 Å². The minimum atomic E-state index is -1.48. The molecule has 0 radical (unpaired) electrons. The number of nitrogens with zero attached hydrogens (tertiary/aromatic N) is 2. The maximum atomic E-state index is 14.5. The summed E-state index contributed by atoms with van der Waals surface area (Å²) < 4.78 is 41.0. The van der Waals surface area contributed by atoms with Crippen molar-refractivity contribution in [2.45, 2.75) is 87.7 Å². The number of halogens is 1. The first-order chi connectivity index (χ1) is 31.4. The van der Waals surface area contributed by atoms with Gasteiger partial charge in [-0.25, -0.2) is 9.18 Å². The van der Waals surface area contributed by atoms with Crippen molar-refractivity contribution in [1.82, 2.24) is 4.90 Å². The van der Waals surface area contributed by atoms with Crippen molar-refractivity contribution in [1.29, 1.82) is 0 Å². The number of thioether (sulfide) groups is 1. The average Bonchev–Trinajstić information content (AvgIpc) is 3.31. The van der Waals surface area contributed by atoms with Crippen LogP contribution < -0.4 is 9.47 Å². The molecule has 1 saturated carbocycles. The molecule has 6 atom stereocenters. The Balaban J connectivity index is 1.39. The van der Waals surface area contributed by atoms with Gasteiger partial charge in [-0.15, -0.1) is 18.3 Å². The van der Waals surface area contributed by atoms with Crippen molar-refractivity contribution >= 4 is 23.6 Å². The number of carbonyl (C=O) groups is 1. The largest absolute Gasteiger partial charge is 0.493 e. The molecule has 0 bridgehead atoms. The van der Waals surface area contributed by atoms with Gasteiger partial charge in [-0.05, 0) is 104 Å². The molecule has 0 spiro atoms. The molecule has 12 heteroatoms. The van der Waals surface area contributed by atoms with E-state index in [1.165, 1.54) is 17.0 Å². The summed E-state index contributed by atoms with van der Waals surface area (Å²) in [6.45, 7) is 7.02. The molecule has 1 amide bonds. The molecular formula is C52H61FN2O8S. The van der Waals surface area contributed by atoms with E-state index in [0.717, 1.165) is 53.9 Å². The lowest BCUT2D eigenvalue weighted by Gasteiger charge is -2.59. The minimum Gasteiger partial charge on any atom is -0.493 e. The number of amides is 1. The van der Waals surface area contributed by atoms with Crippen LogP contribution in [0.25, 0.3) is 0 Å². The van der Waals surface area contributed by atoms with E-state index in [0.29, 0.717) is 36.5 Å². The summed E-state index contributed by atoms with van der Waals surface area (Å²) in [6, 6.07) is 31.4. The molecule has 10 nitrogen and oxygen atoms in total. The second-order valence-corrected chi connectivity index (χ2v) is 17.7. The summed E-state index contributed by atoms with van der Waals surface area (Å²) in [5.74, 6) is -0.416. The second-order valence-electron chi connectivity index (χ2n) is 16.5. The number of carbonyl (C=O) groups excluding carboxylic acids is 1. The van der Waals surface area contributed by atoms with Gasteiger partial charge in [-0.2, -0.15) is 0 Å². The number of hydrogen-bond donors (Lipinski definition) is 2. The Kier molecular flexibility index (Phi) is 17.0. The Morgan fingerprint density at radius 1 is 0.953 bits per heavy atom. The minimum absolute atomic E-state index is 0.0376. The van der Waals surface area contributed by atoms with Gasteiger partial charge in [-0.3, -0.25) is 4.90 Å². The summed E-state index contributed by atoms with van der Waals surface area (Å²) >= 11 is 1.74. The predicted octanol–water partition coefficient (Wildman–Crippen LogP) is 10.5. The Bertz CT molecular complexity index is 2170. The standard InChI is InChI=1S/C52H61FN2O8S/c1-3-29-61-52-48(55(51(58)59-4-2)35-37-21-23-40(53)24-22-37)34-46(54-62-36-38-15-7-5-8-16-38)44-32-39(17-11-13-27-56)43(20-12-14-28-57)49(50(44)52)45-33-41(25-26-47(45)63-52)60-30-31-64-42-18-9-6-10-19-42/h3,5-10,15-16,18-19,21-26,32-33,39,43,48-50,56-57H,1,4,11-14,17,20,27-31,34-36H2,2H3/t39-,43+,48-,49+,50+,52+/m0/s1. The number of benzene rings is 4. The lowest BCUT2D eigenvalue weighted by Crippen LogP contribution is -2.70. The van der Waals surface area contributed by atoms with Crippen molar-refractivity contribution in [2.75, 3.05) is 38.8 Å². The second kappa shape index (κ2) is 23.2. The van der Waals surface area contributed by atoms with Crippen LogP contribution in [0.15, 0.2) is 137 Å². The van der Waals surface area contributed by atoms with E-state index in [-0.39, 0.29) is 69.6 Å². The summed E-state index contributed by atoms with van der Waals surface area (Å²) in [4.78, 5) is 23.5. The van der Waals surface area contributed by atoms with Crippen LogP contribution in [-0.4, -0.2) is 77.5 Å². The maximum Gasteiger partial charge on any atom is 0.410 e. The number of allylic oxidation sites excluding steroid dienone is 1. The molecule has 1 aliphatic heterocycles. The van der Waals surface area contributed by atoms with Gasteiger partial charge in [0.05, 0.1) is 31.5 Å². The molecule has 1 fully saturated rings. The van der Waals surface area contributed by atoms with Crippen LogP contribution in [0.4, 0.5) is 9.18 Å². The molecule has 2 aliphatic carbocycles. The van der Waals surface area contributed by atoms with E-state index in [9.17, 15) is 19.4 Å². The highest BCUT2D eigenvalue weighted by molar-refractivity contribution is 7.99. The zero-order valence-electron chi connectivity index (χ0n) is 36.7. The van der Waals surface area contributed by atoms with Crippen LogP contribution in [0.1, 0.15) is 74.5 Å². The topological polar surface area (TPSA) is 119 Å². The molecule has 7 rings (SSSR count). The van der Waals surface area contributed by atoms with E-state index in [4.69, 9.17) is 28.9 Å². The van der Waals surface area contributed by atoms with E-state index in [1.54, 1.807) is 41.8 Å². The molecule has 4 aromatic rings. The smallest absolute Gasteiger partial charge is 0.410 e. The van der Waals surface area contributed by atoms with Crippen LogP contribution >= 0.6 is 11.8 Å². The highest BCUT2D eigenvalue weighted by atomic mass is 32.2. The zero-order valence-corrected chi connectivity index (χ0v) is 37.5. The molecule has 4 aromatic carbocycles. The van der Waals surface area contributed by atoms with E-state index >= 15 is 0 Å². The van der Waals surface area contributed by atoms with Gasteiger partial charge >= 0.3 is 6.09 Å². The van der Waals surface area contributed by atoms with Crippen LogP contribution in [0, 0.1) is 23.6 Å². The van der Waals surface area contributed by atoms with Crippen molar-refractivity contribution in [2.24, 2.45) is 22.9 Å². The Morgan fingerprint density at radius 2 is 1.69 bits per heavy atom. The van der Waals surface area contributed by atoms with Crippen molar-refractivity contribution in [3.8, 4) is 11.5 Å². The predicted molar refractivity (Wildman–Crippen MR) is 248 cm³/mol. The summed E-state index contributed by atoms with van der Waals surface area (Å²) in [5.41, 5.74) is 4.21. The molecule has 340 valence electrons. The van der Waals surface area contributed by atoms with E-state index in [1.807, 2.05) is 60.7 Å². The quantitative estimate of drug-likeness (QED) is 0.0325. The van der Waals surface area contributed by atoms with Crippen LogP contribution in [0.3, 0.4) is 0 Å². The lowest BCUT2D eigenvalue weighted by molar-refractivity contribution is -0.256. The number of aliphatic hydroxyl groups excluding tert-OH is 2. The molecule has 0 aromatic heterocycles. The van der Waals surface area contributed by atoms with Gasteiger partial charge in [0.2, 0.25) is 5.79 Å². The first-order valence-corrected chi connectivity index (χ1v) is 23.6. The molecule has 2 N–H and O–H groups in total. The van der Waals surface area contributed by atoms with Gasteiger partial charge < -0.3 is 34.0 Å². The van der Waals surface area contributed by atoms with Crippen molar-refractivity contribution in [3.05, 3.63) is 150 Å². The number of ether oxygens (including phenoxy) is 4. The maximum absolute atomic E-state index is 14.5. The molecule has 0 unspecified atom stereocenters. The molecular weight excluding hydrogens is 832 g/mol. The van der Waals surface area contributed by atoms with E-state index < -0.39 is 23.8 Å². The Morgan fingerprint density at radius 3 is 2.41 bits per heavy atom. The van der Waals surface area contributed by atoms with Crippen LogP contribution in [0.5, 0.6) is 11.5 Å². The highest BCUT2D eigenvalue weighted by Gasteiger charge is 2.65. The fraction of sp³-hybridized carbons (Fsp3) is 0.423. The van der Waals surface area contributed by atoms with Gasteiger partial charge in [0.1, 0.15) is 30.0 Å². The third-order valence-corrected chi connectivity index (χ3v) is 13.4. The monoisotopic (exact) mass is 892 g/mol. The van der Waals surface area contributed by atoms with Gasteiger partial charge in [0, 0.05) is 48.3 Å². The van der Waals surface area contributed by atoms with E-state index in [2.05, 4.69) is 30.9 Å². The summed E-state index contributed by atoms with van der Waals surface area (Å²) in [6.07, 6.45) is 8.16. The zero-order chi connectivity index (χ0) is 44.7. The highest BCUT2D eigenvalue weighted by Crippen LogP contribution is 2.62. The fourth-order valence-electron chi connectivity index (χ4n) is 9.63. The molecule has 3 aliphatic rings. The summed E-state index contributed by atoms with van der Waals surface area (Å²) in [7, 11) is 0. The first kappa shape index (κ1) is 46.8. The van der Waals surface area contributed by atoms with Crippen molar-refractivity contribution in [3.63, 3.8) is 0 Å². The number of fused-ring (bicyclic) bond motifs is 2. The van der Waals surface area contributed by atoms with Gasteiger partial charge in [0.25, 0.3) is 0 Å². The van der Waals surface area contributed by atoms with Gasteiger partial charge in [0.15, 0.2) is 0 Å². The SMILES string of the molecule is C=CCO[C@@]12Oc3ccc(OCCSc4ccccc4)cc3[C@H]3[C@H](CCCCO)[C@@H](CCCCO)C=C(C(=NOCc4ccccc4)C[C@@H]1N(Cc1ccc(F)cc1)C(=O)OCC)[C@H]32. The third-order valence-electron chi connectivity index (χ3n) is 12.4. The first-order valence-electron chi connectivity index (χ1n) is 22.6. The Hall–Kier alpha value is -5.14. The normalized spacial score (nSPS) is 22.7. The number of oxime groups is 1. The summed E-state index contributed by atoms with van der Waals surface area (Å²) in [5, 5.41) is 24.9. The third kappa shape index (κ3) is 11.2. The van der Waals surface area contributed by atoms with Crippen LogP contribution in [-0.2, 0) is 27.5 Å². The molecule has 64 heavy (non-hydrogen) atoms. The number of rotatable bonds is 23. The average molecular weight is 893 g/mol. The van der Waals surface area contributed by atoms with Gasteiger partial charge in [-0.1, -0.05) is 90.8 Å². The van der Waals surface area contributed by atoms with Crippen molar-refractivity contribution < 1.29 is 43.2 Å². The molecule has 0 saturated heterocycles. The Labute approximate surface area is 381 Å². The fourth-order valence-corrected chi connectivity index (χ4v) is 10.4. The number of aliphatic hydroxyl groups is 2. The lowest BCUT2D eigenvalue weighted by atomic mass is 9.55. The molecule has 1 heterocycles. The number of hydrogen-bond acceptors (Lipinski definition) is 10. The number of unbranched alkanes of at least 4 members (excludes halogenated alkanes) is 2.